The number of halogens is 4. The molecule has 0 spiro atoms. The molecule has 1 aromatic heterocycles. The van der Waals surface area contributed by atoms with E-state index in [1.165, 1.54) is 7.11 Å². The van der Waals surface area contributed by atoms with Gasteiger partial charge in [0.25, 0.3) is 5.91 Å². The van der Waals surface area contributed by atoms with Gasteiger partial charge in [-0.1, -0.05) is 22.4 Å². The lowest BCUT2D eigenvalue weighted by atomic mass is 9.83. The Hall–Kier alpha value is -4.15. The minimum atomic E-state index is -4.92. The molecule has 2 aromatic carbocycles. The molecule has 42 heavy (non-hydrogen) atoms. The standard InChI is InChI=1S/C31H31F4N3O4/c1-14(2)25-19-8-9-20(25)28(27(19)30(40)36-18-7-10-23(32)22(13-18)31(33,34)35)37-29(39)21-12-17(6-11-24(21)41-5)26-15(3)38-42-16(26)4/h6-7,10-13,19-20,27-28H,8-9H2,1-5H3,(H,36,40)(H,37,39)/t19?,20?,27-,28+/m0/s1. The summed E-state index contributed by atoms with van der Waals surface area (Å²) in [6.07, 6.45) is -3.46. The first-order chi connectivity index (χ1) is 19.8. The minimum absolute atomic E-state index is 0.115. The van der Waals surface area contributed by atoms with Crippen LogP contribution in [-0.4, -0.2) is 30.1 Å². The summed E-state index contributed by atoms with van der Waals surface area (Å²) in [5, 5.41) is 9.60. The van der Waals surface area contributed by atoms with Gasteiger partial charge in [0, 0.05) is 23.2 Å². The number of carbonyl (C=O) groups is 2. The average molecular weight is 586 g/mol. The van der Waals surface area contributed by atoms with Crippen molar-refractivity contribution < 1.29 is 36.4 Å². The molecule has 7 nitrogen and oxygen atoms in total. The van der Waals surface area contributed by atoms with Crippen molar-refractivity contribution in [2.45, 2.75) is 52.8 Å². The van der Waals surface area contributed by atoms with E-state index in [2.05, 4.69) is 15.8 Å². The van der Waals surface area contributed by atoms with Gasteiger partial charge >= 0.3 is 6.18 Å². The van der Waals surface area contributed by atoms with Crippen molar-refractivity contribution in [3.8, 4) is 16.9 Å². The summed E-state index contributed by atoms with van der Waals surface area (Å²) in [6, 6.07) is 6.90. The Balaban J connectivity index is 1.47. The zero-order valence-corrected chi connectivity index (χ0v) is 23.8. The van der Waals surface area contributed by atoms with Gasteiger partial charge in [-0.2, -0.15) is 13.2 Å². The predicted octanol–water partition coefficient (Wildman–Crippen LogP) is 6.85. The maximum atomic E-state index is 13.9. The Morgan fingerprint density at radius 3 is 2.38 bits per heavy atom. The summed E-state index contributed by atoms with van der Waals surface area (Å²) in [6.45, 7) is 7.47. The van der Waals surface area contributed by atoms with E-state index in [-0.39, 0.29) is 23.1 Å². The number of alkyl halides is 3. The number of fused-ring (bicyclic) bond motifs is 2. The summed E-state index contributed by atoms with van der Waals surface area (Å²) in [5.41, 5.74) is 2.86. The number of aromatic nitrogens is 1. The molecule has 2 aliphatic carbocycles. The zero-order valence-electron chi connectivity index (χ0n) is 23.8. The number of hydrogen-bond acceptors (Lipinski definition) is 5. The molecule has 11 heteroatoms. The number of rotatable bonds is 6. The summed E-state index contributed by atoms with van der Waals surface area (Å²) in [7, 11) is 1.45. The highest BCUT2D eigenvalue weighted by molar-refractivity contribution is 6.00. The lowest BCUT2D eigenvalue weighted by molar-refractivity contribution is -0.140. The number of aryl methyl sites for hydroxylation is 2. The number of carbonyl (C=O) groups excluding carboxylic acids is 2. The van der Waals surface area contributed by atoms with E-state index >= 15 is 0 Å². The smallest absolute Gasteiger partial charge is 0.419 e. The van der Waals surface area contributed by atoms with E-state index in [9.17, 15) is 27.2 Å². The lowest BCUT2D eigenvalue weighted by Crippen LogP contribution is -2.48. The fourth-order valence-corrected chi connectivity index (χ4v) is 6.68. The third-order valence-electron chi connectivity index (χ3n) is 8.32. The van der Waals surface area contributed by atoms with E-state index in [0.717, 1.165) is 29.2 Å². The molecule has 2 saturated carbocycles. The highest BCUT2D eigenvalue weighted by Crippen LogP contribution is 2.54. The van der Waals surface area contributed by atoms with Gasteiger partial charge in [-0.05, 0) is 82.3 Å². The third kappa shape index (κ3) is 5.16. The number of nitrogens with zero attached hydrogens (tertiary/aromatic N) is 1. The second kappa shape index (κ2) is 10.9. The van der Waals surface area contributed by atoms with Crippen LogP contribution in [0.15, 0.2) is 52.1 Å². The van der Waals surface area contributed by atoms with Gasteiger partial charge in [0.2, 0.25) is 5.91 Å². The van der Waals surface area contributed by atoms with Crippen molar-refractivity contribution in [1.29, 1.82) is 0 Å². The molecule has 1 heterocycles. The van der Waals surface area contributed by atoms with Crippen LogP contribution in [0.4, 0.5) is 23.2 Å². The van der Waals surface area contributed by atoms with Crippen molar-refractivity contribution in [2.24, 2.45) is 17.8 Å². The molecule has 2 N–H and O–H groups in total. The molecule has 0 aliphatic heterocycles. The molecular weight excluding hydrogens is 554 g/mol. The minimum Gasteiger partial charge on any atom is -0.496 e. The average Bonchev–Trinajstić information content (AvgIpc) is 3.60. The number of nitrogens with one attached hydrogen (secondary N) is 2. The van der Waals surface area contributed by atoms with Crippen LogP contribution in [0, 0.1) is 37.4 Å². The molecule has 4 atom stereocenters. The number of allylic oxidation sites excluding steroid dienone is 1. The van der Waals surface area contributed by atoms with Gasteiger partial charge in [0.05, 0.1) is 29.8 Å². The van der Waals surface area contributed by atoms with Crippen LogP contribution in [0.3, 0.4) is 0 Å². The van der Waals surface area contributed by atoms with Crippen LogP contribution in [0.5, 0.6) is 5.75 Å². The largest absolute Gasteiger partial charge is 0.496 e. The first-order valence-electron chi connectivity index (χ1n) is 13.6. The fourth-order valence-electron chi connectivity index (χ4n) is 6.68. The highest BCUT2D eigenvalue weighted by Gasteiger charge is 2.55. The quantitative estimate of drug-likeness (QED) is 0.244. The molecule has 222 valence electrons. The lowest BCUT2D eigenvalue weighted by Gasteiger charge is -2.30. The molecule has 2 amide bonds. The monoisotopic (exact) mass is 585 g/mol. The fraction of sp³-hybridized carbons (Fsp3) is 0.387. The Kier molecular flexibility index (Phi) is 7.63. The van der Waals surface area contributed by atoms with Crippen molar-refractivity contribution >= 4 is 17.5 Å². The normalized spacial score (nSPS) is 21.4. The molecule has 5 rings (SSSR count). The SMILES string of the molecule is COc1ccc(-c2c(C)noc2C)cc1C(=O)N[C@@H]1C2CCC(C2=C(C)C)[C@@H]1C(=O)Nc1ccc(F)c(C(F)(F)F)c1. The summed E-state index contributed by atoms with van der Waals surface area (Å²) < 4.78 is 64.5. The Labute approximate surface area is 240 Å². The van der Waals surface area contributed by atoms with Gasteiger partial charge < -0.3 is 19.9 Å². The second-order valence-corrected chi connectivity index (χ2v) is 11.1. The Morgan fingerprint density at radius 2 is 1.76 bits per heavy atom. The van der Waals surface area contributed by atoms with E-state index in [4.69, 9.17) is 9.26 Å². The van der Waals surface area contributed by atoms with Crippen LogP contribution < -0.4 is 15.4 Å². The molecule has 3 aromatic rings. The van der Waals surface area contributed by atoms with Crippen LogP contribution in [0.1, 0.15) is 54.1 Å². The molecule has 2 unspecified atom stereocenters. The third-order valence-corrected chi connectivity index (χ3v) is 8.32. The number of methoxy groups -OCH3 is 1. The zero-order chi connectivity index (χ0) is 30.5. The number of hydrogen-bond donors (Lipinski definition) is 2. The van der Waals surface area contributed by atoms with Gasteiger partial charge in [0.1, 0.15) is 17.3 Å². The van der Waals surface area contributed by atoms with Crippen molar-refractivity contribution in [2.75, 3.05) is 12.4 Å². The van der Waals surface area contributed by atoms with E-state index < -0.39 is 41.3 Å². The maximum Gasteiger partial charge on any atom is 0.419 e. The number of anilines is 1. The van der Waals surface area contributed by atoms with Crippen LogP contribution >= 0.6 is 0 Å². The predicted molar refractivity (Wildman–Crippen MR) is 147 cm³/mol. The number of benzene rings is 2. The van der Waals surface area contributed by atoms with E-state index in [1.54, 1.807) is 32.0 Å². The summed E-state index contributed by atoms with van der Waals surface area (Å²) in [4.78, 5) is 27.5. The van der Waals surface area contributed by atoms with Gasteiger partial charge in [-0.15, -0.1) is 0 Å². The van der Waals surface area contributed by atoms with Crippen LogP contribution in [-0.2, 0) is 11.0 Å². The van der Waals surface area contributed by atoms with Crippen LogP contribution in [0.25, 0.3) is 11.1 Å². The van der Waals surface area contributed by atoms with Crippen molar-refractivity contribution in [1.82, 2.24) is 10.5 Å². The molecule has 2 fully saturated rings. The first-order valence-corrected chi connectivity index (χ1v) is 13.6. The molecular formula is C31H31F4N3O4. The first kappa shape index (κ1) is 29.3. The Morgan fingerprint density at radius 1 is 1.05 bits per heavy atom. The summed E-state index contributed by atoms with van der Waals surface area (Å²) >= 11 is 0. The Bertz CT molecular complexity index is 1570. The maximum absolute atomic E-state index is 13.9. The molecule has 0 radical (unpaired) electrons. The van der Waals surface area contributed by atoms with Gasteiger partial charge in [-0.25, -0.2) is 4.39 Å². The molecule has 2 bridgehead atoms. The van der Waals surface area contributed by atoms with E-state index in [1.807, 2.05) is 13.8 Å². The summed E-state index contributed by atoms with van der Waals surface area (Å²) in [5.74, 6) is -2.54. The van der Waals surface area contributed by atoms with Crippen molar-refractivity contribution in [3.05, 3.63) is 75.9 Å². The molecule has 0 saturated heterocycles. The van der Waals surface area contributed by atoms with Gasteiger partial charge in [0.15, 0.2) is 0 Å². The number of ether oxygens (including phenoxy) is 1. The number of amides is 2. The van der Waals surface area contributed by atoms with Crippen molar-refractivity contribution in [3.63, 3.8) is 0 Å². The van der Waals surface area contributed by atoms with Crippen LogP contribution in [0.2, 0.25) is 0 Å². The highest BCUT2D eigenvalue weighted by atomic mass is 19.4. The van der Waals surface area contributed by atoms with Gasteiger partial charge in [-0.3, -0.25) is 9.59 Å². The molecule has 2 aliphatic rings. The van der Waals surface area contributed by atoms with E-state index in [0.29, 0.717) is 41.3 Å². The topological polar surface area (TPSA) is 93.5 Å². The second-order valence-electron chi connectivity index (χ2n) is 11.1.